The van der Waals surface area contributed by atoms with Gasteiger partial charge in [-0.2, -0.15) is 0 Å². The molecule has 0 saturated carbocycles. The fourth-order valence-electron chi connectivity index (χ4n) is 1.71. The first-order valence-electron chi connectivity index (χ1n) is 4.99. The first-order valence-corrected chi connectivity index (χ1v) is 4.99. The van der Waals surface area contributed by atoms with Crippen molar-refractivity contribution < 1.29 is 14.9 Å². The summed E-state index contributed by atoms with van der Waals surface area (Å²) in [5.41, 5.74) is -0.917. The number of hydrogen-bond acceptors (Lipinski definition) is 5. The highest BCUT2D eigenvalue weighted by Crippen LogP contribution is 2.30. The smallest absolute Gasteiger partial charge is 0.330 e. The molecule has 2 unspecified atom stereocenters. The minimum atomic E-state index is -1.10. The quantitative estimate of drug-likeness (QED) is 0.537. The maximum atomic E-state index is 11.5. The average molecular weight is 240 g/mol. The molecular formula is C10H12N2O5. The maximum Gasteiger partial charge on any atom is 0.330 e. The molecule has 0 aliphatic carbocycles. The van der Waals surface area contributed by atoms with Crippen LogP contribution in [0.5, 0.6) is 0 Å². The summed E-state index contributed by atoms with van der Waals surface area (Å²) >= 11 is 0. The topological polar surface area (TPSA) is 105 Å². The van der Waals surface area contributed by atoms with Crippen molar-refractivity contribution in [1.82, 2.24) is 9.55 Å². The molecule has 0 radical (unpaired) electrons. The Kier molecular flexibility index (Phi) is 2.97. The van der Waals surface area contributed by atoms with Crippen LogP contribution in [0.1, 0.15) is 6.23 Å². The van der Waals surface area contributed by atoms with Crippen molar-refractivity contribution in [3.63, 3.8) is 0 Å². The minimum absolute atomic E-state index is 0.301. The zero-order chi connectivity index (χ0) is 12.6. The Labute approximate surface area is 95.6 Å². The van der Waals surface area contributed by atoms with Gasteiger partial charge in [0.1, 0.15) is 12.2 Å². The van der Waals surface area contributed by atoms with Gasteiger partial charge in [-0.25, -0.2) is 4.79 Å². The lowest BCUT2D eigenvalue weighted by molar-refractivity contribution is -0.0527. The number of H-pyrrole nitrogens is 1. The molecule has 7 heteroatoms. The normalized spacial score (nSPS) is 28.6. The van der Waals surface area contributed by atoms with E-state index in [-0.39, 0.29) is 6.61 Å². The number of nitrogens with zero attached hydrogens (tertiary/aromatic N) is 1. The van der Waals surface area contributed by atoms with Crippen LogP contribution in [0.4, 0.5) is 0 Å². The van der Waals surface area contributed by atoms with Crippen molar-refractivity contribution in [2.24, 2.45) is 0 Å². The van der Waals surface area contributed by atoms with Crippen LogP contribution in [-0.4, -0.2) is 38.6 Å². The number of aromatic amines is 1. The molecule has 2 heterocycles. The van der Waals surface area contributed by atoms with Crippen LogP contribution in [0.3, 0.4) is 0 Å². The van der Waals surface area contributed by atoms with E-state index in [1.165, 1.54) is 6.20 Å². The first kappa shape index (κ1) is 11.8. The number of hydrogen-bond donors (Lipinski definition) is 3. The molecule has 1 aliphatic heterocycles. The van der Waals surface area contributed by atoms with Crippen LogP contribution in [0, 0.1) is 0 Å². The highest BCUT2D eigenvalue weighted by molar-refractivity contribution is 5.15. The molecule has 0 amide bonds. The second kappa shape index (κ2) is 4.28. The van der Waals surface area contributed by atoms with E-state index in [2.05, 4.69) is 11.6 Å². The van der Waals surface area contributed by atoms with Crippen molar-refractivity contribution in [3.8, 4) is 0 Å². The summed E-state index contributed by atoms with van der Waals surface area (Å²) in [7, 11) is 0. The lowest BCUT2D eigenvalue weighted by Crippen LogP contribution is -2.35. The number of rotatable bonds is 2. The molecule has 1 aromatic rings. The highest BCUT2D eigenvalue weighted by atomic mass is 16.5. The largest absolute Gasteiger partial charge is 0.393 e. The van der Waals surface area contributed by atoms with Crippen molar-refractivity contribution in [2.45, 2.75) is 18.4 Å². The Hall–Kier alpha value is -1.70. The molecule has 1 aliphatic rings. The second-order valence-electron chi connectivity index (χ2n) is 3.74. The van der Waals surface area contributed by atoms with Gasteiger partial charge in [-0.1, -0.05) is 6.58 Å². The fourth-order valence-corrected chi connectivity index (χ4v) is 1.71. The van der Waals surface area contributed by atoms with E-state index in [0.717, 1.165) is 10.6 Å². The number of aromatic nitrogens is 2. The molecule has 2 rings (SSSR count). The van der Waals surface area contributed by atoms with Gasteiger partial charge in [0.15, 0.2) is 6.23 Å². The molecule has 92 valence electrons. The number of nitrogens with one attached hydrogen (secondary N) is 1. The monoisotopic (exact) mass is 240 g/mol. The predicted molar refractivity (Wildman–Crippen MR) is 57.5 cm³/mol. The van der Waals surface area contributed by atoms with Gasteiger partial charge in [0.25, 0.3) is 5.56 Å². The number of ether oxygens (including phenoxy) is 1. The van der Waals surface area contributed by atoms with E-state index in [1.807, 2.05) is 0 Å². The summed E-state index contributed by atoms with van der Waals surface area (Å²) in [4.78, 5) is 24.4. The maximum absolute atomic E-state index is 11.5. The SMILES string of the molecule is C=C1C(CO)OC(n2ccc(=O)[nH]c2=O)[C@@H]1O. The van der Waals surface area contributed by atoms with E-state index < -0.39 is 29.7 Å². The number of aliphatic hydroxyl groups excluding tert-OH is 2. The van der Waals surface area contributed by atoms with Gasteiger partial charge in [0.05, 0.1) is 6.61 Å². The molecule has 3 atom stereocenters. The van der Waals surface area contributed by atoms with Gasteiger partial charge in [0, 0.05) is 12.3 Å². The zero-order valence-corrected chi connectivity index (χ0v) is 8.87. The third kappa shape index (κ3) is 1.95. The minimum Gasteiger partial charge on any atom is -0.393 e. The zero-order valence-electron chi connectivity index (χ0n) is 8.87. The van der Waals surface area contributed by atoms with Gasteiger partial charge in [-0.05, 0) is 5.57 Å². The van der Waals surface area contributed by atoms with Crippen LogP contribution in [-0.2, 0) is 4.74 Å². The van der Waals surface area contributed by atoms with E-state index in [9.17, 15) is 14.7 Å². The summed E-state index contributed by atoms with van der Waals surface area (Å²) in [6.45, 7) is 3.26. The molecule has 3 N–H and O–H groups in total. The molecule has 1 fully saturated rings. The lowest BCUT2D eigenvalue weighted by atomic mass is 10.1. The molecule has 0 bridgehead atoms. The van der Waals surface area contributed by atoms with E-state index in [4.69, 9.17) is 9.84 Å². The Morgan fingerprint density at radius 3 is 2.76 bits per heavy atom. The molecule has 7 nitrogen and oxygen atoms in total. The molecule has 1 saturated heterocycles. The third-order valence-corrected chi connectivity index (χ3v) is 2.66. The van der Waals surface area contributed by atoms with Gasteiger partial charge < -0.3 is 14.9 Å². The van der Waals surface area contributed by atoms with Gasteiger partial charge >= 0.3 is 5.69 Å². The van der Waals surface area contributed by atoms with E-state index >= 15 is 0 Å². The van der Waals surface area contributed by atoms with E-state index in [1.54, 1.807) is 0 Å². The standard InChI is InChI=1S/C10H12N2O5/c1-5-6(4-13)17-9(8(5)15)12-3-2-7(14)11-10(12)16/h2-3,6,8-9,13,15H,1,4H2,(H,11,14,16)/t6?,8-,9?/m1/s1. The summed E-state index contributed by atoms with van der Waals surface area (Å²) in [5, 5.41) is 18.8. The Balaban J connectivity index is 2.39. The van der Waals surface area contributed by atoms with Crippen LogP contribution in [0.2, 0.25) is 0 Å². The van der Waals surface area contributed by atoms with Crippen LogP contribution in [0.15, 0.2) is 34.0 Å². The van der Waals surface area contributed by atoms with Crippen molar-refractivity contribution in [3.05, 3.63) is 45.3 Å². The third-order valence-electron chi connectivity index (χ3n) is 2.66. The molecular weight excluding hydrogens is 228 g/mol. The molecule has 17 heavy (non-hydrogen) atoms. The average Bonchev–Trinajstić information content (AvgIpc) is 2.57. The van der Waals surface area contributed by atoms with Crippen LogP contribution < -0.4 is 11.2 Å². The van der Waals surface area contributed by atoms with Gasteiger partial charge in [-0.15, -0.1) is 0 Å². The lowest BCUT2D eigenvalue weighted by Gasteiger charge is -2.16. The number of aliphatic hydroxyl groups is 2. The summed E-state index contributed by atoms with van der Waals surface area (Å²) in [6.07, 6.45) is -1.57. The second-order valence-corrected chi connectivity index (χ2v) is 3.74. The summed E-state index contributed by atoms with van der Waals surface area (Å²) < 4.78 is 6.33. The van der Waals surface area contributed by atoms with Gasteiger partial charge in [-0.3, -0.25) is 14.3 Å². The van der Waals surface area contributed by atoms with E-state index in [0.29, 0.717) is 5.57 Å². The van der Waals surface area contributed by atoms with Crippen molar-refractivity contribution in [1.29, 1.82) is 0 Å². The van der Waals surface area contributed by atoms with Crippen molar-refractivity contribution >= 4 is 0 Å². The van der Waals surface area contributed by atoms with Crippen LogP contribution >= 0.6 is 0 Å². The Bertz CT molecular complexity index is 546. The predicted octanol–water partition coefficient (Wildman–Crippen LogP) is -1.66. The highest BCUT2D eigenvalue weighted by Gasteiger charge is 2.38. The van der Waals surface area contributed by atoms with Crippen molar-refractivity contribution in [2.75, 3.05) is 6.61 Å². The first-order chi connectivity index (χ1) is 8.04. The fraction of sp³-hybridized carbons (Fsp3) is 0.400. The molecule has 0 aromatic carbocycles. The Morgan fingerprint density at radius 1 is 1.53 bits per heavy atom. The summed E-state index contributed by atoms with van der Waals surface area (Å²) in [5.74, 6) is 0. The molecule has 0 spiro atoms. The Morgan fingerprint density at radius 2 is 2.24 bits per heavy atom. The van der Waals surface area contributed by atoms with Crippen LogP contribution in [0.25, 0.3) is 0 Å². The van der Waals surface area contributed by atoms with Gasteiger partial charge in [0.2, 0.25) is 0 Å². The molecule has 1 aromatic heterocycles. The summed E-state index contributed by atoms with van der Waals surface area (Å²) in [6, 6.07) is 1.15.